The summed E-state index contributed by atoms with van der Waals surface area (Å²) in [6.07, 6.45) is -0.0804. The monoisotopic (exact) mass is 142 g/mol. The van der Waals surface area contributed by atoms with Gasteiger partial charge in [0.05, 0.1) is 6.42 Å². The number of urea groups is 1. The number of hydrazine groups is 1. The van der Waals surface area contributed by atoms with Gasteiger partial charge in [-0.05, 0) is 0 Å². The molecule has 1 heterocycles. The number of hydrogen-bond acceptors (Lipinski definition) is 3. The van der Waals surface area contributed by atoms with Gasteiger partial charge in [-0.25, -0.2) is 4.79 Å². The van der Waals surface area contributed by atoms with E-state index in [2.05, 4.69) is 5.43 Å². The minimum atomic E-state index is -0.837. The fourth-order valence-electron chi connectivity index (χ4n) is 0.651. The van der Waals surface area contributed by atoms with Crippen LogP contribution in [-0.4, -0.2) is 22.8 Å². The molecule has 0 aromatic heterocycles. The molecule has 6 nitrogen and oxygen atoms in total. The van der Waals surface area contributed by atoms with Crippen LogP contribution in [0.5, 0.6) is 0 Å². The Morgan fingerprint density at radius 3 is 2.60 bits per heavy atom. The maximum Gasteiger partial charge on any atom is 0.339 e. The van der Waals surface area contributed by atoms with Gasteiger partial charge in [0, 0.05) is 0 Å². The van der Waals surface area contributed by atoms with Crippen LogP contribution in [0.3, 0.4) is 0 Å². The molecule has 1 aliphatic rings. The molecule has 1 saturated heterocycles. The average Bonchev–Trinajstić information content (AvgIpc) is 2.10. The van der Waals surface area contributed by atoms with Gasteiger partial charge in [-0.2, -0.15) is 5.01 Å². The van der Waals surface area contributed by atoms with Gasteiger partial charge in [-0.1, -0.05) is 0 Å². The van der Waals surface area contributed by atoms with Crippen molar-refractivity contribution in [1.29, 1.82) is 5.41 Å². The summed E-state index contributed by atoms with van der Waals surface area (Å²) in [6, 6.07) is -0.837. The summed E-state index contributed by atoms with van der Waals surface area (Å²) in [7, 11) is 0. The number of nitrogens with zero attached hydrogens (tertiary/aromatic N) is 1. The molecule has 0 saturated carbocycles. The van der Waals surface area contributed by atoms with E-state index in [0.717, 1.165) is 0 Å². The van der Waals surface area contributed by atoms with E-state index in [1.807, 2.05) is 0 Å². The maximum atomic E-state index is 10.5. The largest absolute Gasteiger partial charge is 0.350 e. The lowest BCUT2D eigenvalue weighted by Gasteiger charge is -2.09. The van der Waals surface area contributed by atoms with E-state index < -0.39 is 6.03 Å². The first kappa shape index (κ1) is 6.53. The zero-order chi connectivity index (χ0) is 7.72. The normalized spacial score (nSPS) is 17.4. The van der Waals surface area contributed by atoms with E-state index in [9.17, 15) is 9.59 Å². The van der Waals surface area contributed by atoms with Crippen LogP contribution < -0.4 is 11.2 Å². The number of amidine groups is 1. The Hall–Kier alpha value is -1.59. The van der Waals surface area contributed by atoms with Crippen LogP contribution in [0.2, 0.25) is 0 Å². The van der Waals surface area contributed by atoms with Gasteiger partial charge in [0.15, 0.2) is 0 Å². The molecule has 1 aliphatic heterocycles. The molecular weight excluding hydrogens is 136 g/mol. The van der Waals surface area contributed by atoms with Crippen LogP contribution >= 0.6 is 0 Å². The van der Waals surface area contributed by atoms with Crippen LogP contribution in [0.4, 0.5) is 4.79 Å². The van der Waals surface area contributed by atoms with Crippen LogP contribution in [0.25, 0.3) is 0 Å². The first-order valence-electron chi connectivity index (χ1n) is 2.57. The quantitative estimate of drug-likeness (QED) is 0.395. The number of hydrogen-bond donors (Lipinski definition) is 3. The summed E-state index contributed by atoms with van der Waals surface area (Å²) in [4.78, 5) is 20.8. The molecular formula is C4H6N4O2. The Bertz CT molecular complexity index is 211. The number of nitrogens with two attached hydrogens (primary N) is 1. The van der Waals surface area contributed by atoms with E-state index >= 15 is 0 Å². The maximum absolute atomic E-state index is 10.5. The van der Waals surface area contributed by atoms with Crippen molar-refractivity contribution < 1.29 is 9.59 Å². The summed E-state index contributed by atoms with van der Waals surface area (Å²) in [5, 5.41) is 7.72. The Morgan fingerprint density at radius 1 is 1.80 bits per heavy atom. The highest BCUT2D eigenvalue weighted by atomic mass is 16.2. The van der Waals surface area contributed by atoms with Crippen molar-refractivity contribution in [3.63, 3.8) is 0 Å². The van der Waals surface area contributed by atoms with Crippen molar-refractivity contribution in [1.82, 2.24) is 10.4 Å². The molecule has 10 heavy (non-hydrogen) atoms. The average molecular weight is 142 g/mol. The second-order valence-corrected chi connectivity index (χ2v) is 1.83. The van der Waals surface area contributed by atoms with E-state index in [1.165, 1.54) is 0 Å². The number of nitrogens with one attached hydrogen (secondary N) is 2. The molecule has 4 N–H and O–H groups in total. The summed E-state index contributed by atoms with van der Waals surface area (Å²) in [5.74, 6) is -0.499. The van der Waals surface area contributed by atoms with E-state index in [4.69, 9.17) is 11.1 Å². The third-order valence-electron chi connectivity index (χ3n) is 1.05. The molecule has 1 fully saturated rings. The Morgan fingerprint density at radius 2 is 2.40 bits per heavy atom. The summed E-state index contributed by atoms with van der Waals surface area (Å²) in [5.41, 5.74) is 6.88. The molecule has 0 unspecified atom stereocenters. The zero-order valence-corrected chi connectivity index (χ0v) is 5.05. The van der Waals surface area contributed by atoms with E-state index in [-0.39, 0.29) is 18.2 Å². The smallest absolute Gasteiger partial charge is 0.339 e. The first-order chi connectivity index (χ1) is 4.61. The van der Waals surface area contributed by atoms with Crippen molar-refractivity contribution in [3.05, 3.63) is 0 Å². The Labute approximate surface area is 56.5 Å². The third-order valence-corrected chi connectivity index (χ3v) is 1.05. The summed E-state index contributed by atoms with van der Waals surface area (Å²) < 4.78 is 0. The lowest BCUT2D eigenvalue weighted by molar-refractivity contribution is -0.120. The summed E-state index contributed by atoms with van der Waals surface area (Å²) in [6.45, 7) is 0. The first-order valence-corrected chi connectivity index (χ1v) is 2.57. The number of rotatable bonds is 0. The van der Waals surface area contributed by atoms with E-state index in [0.29, 0.717) is 5.01 Å². The number of primary amides is 1. The lowest BCUT2D eigenvalue weighted by Crippen LogP contribution is -2.44. The van der Waals surface area contributed by atoms with Gasteiger partial charge >= 0.3 is 6.03 Å². The molecule has 0 aromatic rings. The van der Waals surface area contributed by atoms with Crippen LogP contribution in [-0.2, 0) is 4.79 Å². The van der Waals surface area contributed by atoms with Gasteiger partial charge in [-0.3, -0.25) is 15.6 Å². The fraction of sp³-hybridized carbons (Fsp3) is 0.250. The number of carbonyl (C=O) groups is 2. The van der Waals surface area contributed by atoms with Crippen molar-refractivity contribution in [3.8, 4) is 0 Å². The fourth-order valence-corrected chi connectivity index (χ4v) is 0.651. The van der Waals surface area contributed by atoms with Gasteiger partial charge in [-0.15, -0.1) is 0 Å². The minimum absolute atomic E-state index is 0.0804. The Balaban J connectivity index is 2.72. The van der Waals surface area contributed by atoms with Gasteiger partial charge in [0.2, 0.25) is 5.91 Å². The van der Waals surface area contributed by atoms with Crippen molar-refractivity contribution in [2.75, 3.05) is 0 Å². The molecule has 0 aliphatic carbocycles. The van der Waals surface area contributed by atoms with Crippen LogP contribution in [0, 0.1) is 5.41 Å². The SMILES string of the molecule is N=C1CC(=O)NN1C(N)=O. The summed E-state index contributed by atoms with van der Waals surface area (Å²) >= 11 is 0. The number of amides is 3. The molecule has 0 atom stereocenters. The molecule has 6 heteroatoms. The van der Waals surface area contributed by atoms with Gasteiger partial charge in [0.25, 0.3) is 0 Å². The second-order valence-electron chi connectivity index (χ2n) is 1.83. The predicted molar refractivity (Wildman–Crippen MR) is 31.9 cm³/mol. The zero-order valence-electron chi connectivity index (χ0n) is 5.05. The highest BCUT2D eigenvalue weighted by Gasteiger charge is 2.26. The highest BCUT2D eigenvalue weighted by Crippen LogP contribution is 1.99. The molecule has 3 amide bonds. The predicted octanol–water partition coefficient (Wildman–Crippen LogP) is -1.22. The molecule has 0 spiro atoms. The highest BCUT2D eigenvalue weighted by molar-refractivity contribution is 6.10. The standard InChI is InChI=1S/C4H6N4O2/c5-2-1-3(9)7-8(2)4(6)10/h5H,1H2,(H2,6,10)(H,7,9). The van der Waals surface area contributed by atoms with Gasteiger partial charge < -0.3 is 5.73 Å². The minimum Gasteiger partial charge on any atom is -0.350 e. The van der Waals surface area contributed by atoms with Crippen LogP contribution in [0.1, 0.15) is 6.42 Å². The molecule has 0 aromatic carbocycles. The topological polar surface area (TPSA) is 99.3 Å². The second kappa shape index (κ2) is 1.98. The molecule has 1 rings (SSSR count). The number of carbonyl (C=O) groups excluding carboxylic acids is 2. The molecule has 54 valence electrons. The van der Waals surface area contributed by atoms with Crippen molar-refractivity contribution in [2.24, 2.45) is 5.73 Å². The van der Waals surface area contributed by atoms with Gasteiger partial charge in [0.1, 0.15) is 5.84 Å². The third kappa shape index (κ3) is 0.903. The van der Waals surface area contributed by atoms with Crippen LogP contribution in [0.15, 0.2) is 0 Å². The van der Waals surface area contributed by atoms with Crippen molar-refractivity contribution in [2.45, 2.75) is 6.42 Å². The Kier molecular flexibility index (Phi) is 1.29. The molecule has 0 radical (unpaired) electrons. The lowest BCUT2D eigenvalue weighted by atomic mass is 10.4. The van der Waals surface area contributed by atoms with E-state index in [1.54, 1.807) is 0 Å². The molecule has 0 bridgehead atoms. The van der Waals surface area contributed by atoms with Crippen molar-refractivity contribution >= 4 is 17.8 Å².